The summed E-state index contributed by atoms with van der Waals surface area (Å²) in [6.45, 7) is 12.9. The molecule has 0 spiro atoms. The molecule has 3 aromatic heterocycles. The van der Waals surface area contributed by atoms with Gasteiger partial charge in [0.1, 0.15) is 6.04 Å². The maximum atomic E-state index is 13.5. The minimum Gasteiger partial charge on any atom is -0.481 e. The minimum atomic E-state index is -1.59. The van der Waals surface area contributed by atoms with Crippen molar-refractivity contribution in [3.63, 3.8) is 0 Å². The van der Waals surface area contributed by atoms with Crippen LogP contribution < -0.4 is 5.32 Å². The van der Waals surface area contributed by atoms with E-state index in [1.807, 2.05) is 32.0 Å². The molecule has 264 valence electrons. The number of aliphatic hydroxyl groups excluding tert-OH is 1. The normalized spacial score (nSPS) is 19.2. The number of nitrogens with one attached hydrogen (secondary N) is 3. The van der Waals surface area contributed by atoms with Crippen LogP contribution in [0.1, 0.15) is 119 Å². The molecule has 0 fully saturated rings. The second kappa shape index (κ2) is 14.3. The average molecular weight is 686 g/mol. The van der Waals surface area contributed by atoms with Crippen LogP contribution in [0, 0.1) is 13.8 Å². The summed E-state index contributed by atoms with van der Waals surface area (Å²) < 4.78 is 0. The van der Waals surface area contributed by atoms with Crippen LogP contribution in [0.5, 0.6) is 0 Å². The molecule has 3 aromatic rings. The highest BCUT2D eigenvalue weighted by Crippen LogP contribution is 2.43. The van der Waals surface area contributed by atoms with Crippen molar-refractivity contribution in [2.24, 2.45) is 0 Å². The predicted molar refractivity (Wildman–Crippen MR) is 187 cm³/mol. The smallest absolute Gasteiger partial charge is 0.338 e. The zero-order chi connectivity index (χ0) is 36.6. The number of aliphatic hydroxyl groups is 1. The molecule has 0 radical (unpaired) electrons. The number of carbonyl (C=O) groups is 4. The standard InChI is InChI=1S/C37H43N5O8/c1-7-20-16(3)24-12-26-18(5)22(9-10-32(45)46)34(41-26)23(11-31(44)40-30(15-43)36(47)48)35-33(37(49)50)19(6)27(42-35)14-29-21(8-2)17(4)25(39-29)13-28(20)38-24/h7,12-14,17-18,21-22,30,38,42-43H,1,8-11,15H2,2-6H3,(H,40,44)(H,45,46)(H,47,48)(H,49,50)/t17?,18-,21?,22-,30-/m0/s1. The first kappa shape index (κ1) is 36.0. The number of carboxylic acid groups (broad SMARTS) is 3. The van der Waals surface area contributed by atoms with Crippen molar-refractivity contribution in [2.75, 3.05) is 6.61 Å². The van der Waals surface area contributed by atoms with Gasteiger partial charge in [-0.1, -0.05) is 33.4 Å². The van der Waals surface area contributed by atoms with Crippen molar-refractivity contribution in [1.82, 2.24) is 25.3 Å². The Hall–Kier alpha value is -5.30. The number of nitrogens with zero attached hydrogens (tertiary/aromatic N) is 2. The molecule has 13 nitrogen and oxygen atoms in total. The molecule has 0 aromatic carbocycles. The number of aryl methyl sites for hydroxylation is 2. The quantitative estimate of drug-likeness (QED) is 0.136. The number of hydrogen-bond acceptors (Lipinski definition) is 7. The number of aromatic amines is 2. The lowest BCUT2D eigenvalue weighted by molar-refractivity contribution is -0.142. The highest BCUT2D eigenvalue weighted by atomic mass is 16.4. The van der Waals surface area contributed by atoms with Gasteiger partial charge in [0, 0.05) is 74.9 Å². The average Bonchev–Trinajstić information content (AvgIpc) is 3.74. The first-order valence-corrected chi connectivity index (χ1v) is 16.7. The van der Waals surface area contributed by atoms with Crippen molar-refractivity contribution in [3.8, 4) is 0 Å². The maximum Gasteiger partial charge on any atom is 0.338 e. The molecule has 50 heavy (non-hydrogen) atoms. The molecule has 13 heteroatoms. The number of fused-ring (bicyclic) bond motifs is 8. The molecular formula is C37H43N5O8. The Morgan fingerprint density at radius 1 is 0.920 bits per heavy atom. The van der Waals surface area contributed by atoms with Crippen molar-refractivity contribution in [1.29, 1.82) is 0 Å². The van der Waals surface area contributed by atoms with Gasteiger partial charge in [-0.05, 0) is 56.0 Å². The number of aliphatic carboxylic acids is 2. The number of H-pyrrole nitrogens is 2. The van der Waals surface area contributed by atoms with E-state index >= 15 is 0 Å². The summed E-state index contributed by atoms with van der Waals surface area (Å²) >= 11 is 0. The fourth-order valence-electron chi connectivity index (χ4n) is 7.32. The molecule has 8 bridgehead atoms. The van der Waals surface area contributed by atoms with E-state index < -0.39 is 48.8 Å². The third-order valence-electron chi connectivity index (χ3n) is 10.2. The van der Waals surface area contributed by atoms with Gasteiger partial charge in [0.2, 0.25) is 5.91 Å². The summed E-state index contributed by atoms with van der Waals surface area (Å²) in [6.07, 6.45) is 1.98. The molecule has 7 N–H and O–H groups in total. The third kappa shape index (κ3) is 6.65. The van der Waals surface area contributed by atoms with E-state index in [1.54, 1.807) is 13.0 Å². The van der Waals surface area contributed by atoms with Gasteiger partial charge < -0.3 is 35.7 Å². The summed E-state index contributed by atoms with van der Waals surface area (Å²) in [5.74, 6) is -5.31. The van der Waals surface area contributed by atoms with Crippen LogP contribution in [0.4, 0.5) is 0 Å². The van der Waals surface area contributed by atoms with E-state index in [2.05, 4.69) is 35.7 Å². The summed E-state index contributed by atoms with van der Waals surface area (Å²) in [7, 11) is 0. The highest BCUT2D eigenvalue weighted by molar-refractivity contribution is 6.02. The van der Waals surface area contributed by atoms with Gasteiger partial charge in [-0.25, -0.2) is 9.59 Å². The molecule has 2 unspecified atom stereocenters. The highest BCUT2D eigenvalue weighted by Gasteiger charge is 2.34. The van der Waals surface area contributed by atoms with Gasteiger partial charge >= 0.3 is 17.9 Å². The Balaban J connectivity index is 1.97. The molecule has 2 aliphatic rings. The van der Waals surface area contributed by atoms with E-state index in [0.29, 0.717) is 22.5 Å². The van der Waals surface area contributed by atoms with Crippen molar-refractivity contribution < 1.29 is 39.6 Å². The predicted octanol–water partition coefficient (Wildman–Crippen LogP) is 5.43. The largest absolute Gasteiger partial charge is 0.481 e. The molecule has 0 saturated heterocycles. The second-order valence-electron chi connectivity index (χ2n) is 13.2. The monoisotopic (exact) mass is 685 g/mol. The molecule has 5 atom stereocenters. The van der Waals surface area contributed by atoms with Crippen LogP contribution in [0.2, 0.25) is 0 Å². The van der Waals surface area contributed by atoms with Crippen LogP contribution in [-0.2, 0) is 20.8 Å². The van der Waals surface area contributed by atoms with Crippen LogP contribution in [0.25, 0.3) is 28.1 Å². The molecule has 0 aliphatic carbocycles. The number of amides is 1. The fraction of sp³-hybridized carbons (Fsp3) is 0.405. The van der Waals surface area contributed by atoms with Crippen LogP contribution in [0.3, 0.4) is 0 Å². The van der Waals surface area contributed by atoms with E-state index in [0.717, 1.165) is 40.0 Å². The van der Waals surface area contributed by atoms with Gasteiger partial charge in [-0.2, -0.15) is 0 Å². The number of carboxylic acids is 3. The lowest BCUT2D eigenvalue weighted by Crippen LogP contribution is -2.44. The number of aromatic carboxylic acids is 1. The van der Waals surface area contributed by atoms with Gasteiger partial charge in [-0.15, -0.1) is 0 Å². The summed E-state index contributed by atoms with van der Waals surface area (Å²) in [5, 5.41) is 41.6. The Morgan fingerprint density at radius 3 is 2.14 bits per heavy atom. The molecule has 2 aliphatic heterocycles. The topological polar surface area (TPSA) is 219 Å². The Morgan fingerprint density at radius 2 is 1.54 bits per heavy atom. The van der Waals surface area contributed by atoms with E-state index in [-0.39, 0.29) is 47.2 Å². The first-order valence-electron chi connectivity index (χ1n) is 16.7. The number of rotatable bonds is 11. The fourth-order valence-corrected chi connectivity index (χ4v) is 7.32. The van der Waals surface area contributed by atoms with Crippen LogP contribution in [-0.4, -0.2) is 76.8 Å². The van der Waals surface area contributed by atoms with Gasteiger partial charge in [0.15, 0.2) is 0 Å². The molecule has 5 heterocycles. The van der Waals surface area contributed by atoms with E-state index in [1.165, 1.54) is 0 Å². The van der Waals surface area contributed by atoms with Crippen LogP contribution >= 0.6 is 0 Å². The first-order chi connectivity index (χ1) is 23.7. The van der Waals surface area contributed by atoms with Crippen molar-refractivity contribution >= 4 is 52.0 Å². The SMILES string of the molecule is C=Cc1c(C)c2cc3nc(c(CC(=O)N[C@@H](CO)C(=O)O)c4[nH]c(cc5nc(cc1[nH]2)C(C)C5CC)c(C)c4C(=O)O)[C@@H](CCC(=O)O)[C@@H]3C. The molecule has 5 rings (SSSR count). The molecular weight excluding hydrogens is 642 g/mol. The van der Waals surface area contributed by atoms with E-state index in [9.17, 15) is 39.6 Å². The Labute approximate surface area is 288 Å². The minimum absolute atomic E-state index is 0.0310. The lowest BCUT2D eigenvalue weighted by atomic mass is 9.85. The number of aromatic nitrogens is 4. The number of carbonyl (C=O) groups excluding carboxylic acids is 1. The Bertz CT molecular complexity index is 2060. The molecule has 0 saturated carbocycles. The van der Waals surface area contributed by atoms with Crippen LogP contribution in [0.15, 0.2) is 24.8 Å². The van der Waals surface area contributed by atoms with Gasteiger partial charge in [-0.3, -0.25) is 19.6 Å². The zero-order valence-electron chi connectivity index (χ0n) is 28.8. The maximum absolute atomic E-state index is 13.5. The third-order valence-corrected chi connectivity index (χ3v) is 10.2. The number of hydrogen-bond donors (Lipinski definition) is 7. The summed E-state index contributed by atoms with van der Waals surface area (Å²) in [5.41, 5.74) is 6.99. The zero-order valence-corrected chi connectivity index (χ0v) is 28.8. The summed E-state index contributed by atoms with van der Waals surface area (Å²) in [6, 6.07) is 4.14. The molecule has 1 amide bonds. The van der Waals surface area contributed by atoms with E-state index in [4.69, 9.17) is 9.97 Å². The Kier molecular flexibility index (Phi) is 10.3. The van der Waals surface area contributed by atoms with Gasteiger partial charge in [0.25, 0.3) is 0 Å². The lowest BCUT2D eigenvalue weighted by Gasteiger charge is -2.18. The second-order valence-corrected chi connectivity index (χ2v) is 13.2. The van der Waals surface area contributed by atoms with Crippen molar-refractivity contribution in [2.45, 2.75) is 90.0 Å². The van der Waals surface area contributed by atoms with Crippen molar-refractivity contribution in [3.05, 3.63) is 75.4 Å². The summed E-state index contributed by atoms with van der Waals surface area (Å²) in [4.78, 5) is 66.7. The van der Waals surface area contributed by atoms with Gasteiger partial charge in [0.05, 0.1) is 29.8 Å².